The minimum atomic E-state index is -1.29. The molecule has 1 aliphatic carbocycles. The third-order valence-electron chi connectivity index (χ3n) is 8.11. The highest BCUT2D eigenvalue weighted by atomic mass is 32.2. The highest BCUT2D eigenvalue weighted by Gasteiger charge is 2.31. The Bertz CT molecular complexity index is 1560. The number of hydrogen-bond donors (Lipinski definition) is 1. The van der Waals surface area contributed by atoms with E-state index >= 15 is 4.39 Å². The molecule has 1 aromatic carbocycles. The molecule has 218 valence electrons. The molecule has 1 N–H and O–H groups in total. The van der Waals surface area contributed by atoms with Gasteiger partial charge in [0.15, 0.2) is 0 Å². The van der Waals surface area contributed by atoms with Crippen LogP contribution in [0.15, 0.2) is 29.3 Å². The van der Waals surface area contributed by atoms with E-state index in [1.165, 1.54) is 12.3 Å². The maximum Gasteiger partial charge on any atom is 0.341 e. The third kappa shape index (κ3) is 5.67. The number of rotatable bonds is 8. The molecule has 9 nitrogen and oxygen atoms in total. The molecule has 0 spiro atoms. The van der Waals surface area contributed by atoms with E-state index in [-0.39, 0.29) is 17.0 Å². The Morgan fingerprint density at radius 3 is 2.68 bits per heavy atom. The lowest BCUT2D eigenvalue weighted by Crippen LogP contribution is -2.47. The van der Waals surface area contributed by atoms with E-state index in [0.717, 1.165) is 66.6 Å². The first-order valence-corrected chi connectivity index (χ1v) is 15.2. The van der Waals surface area contributed by atoms with Gasteiger partial charge in [-0.1, -0.05) is 0 Å². The molecule has 2 aliphatic heterocycles. The van der Waals surface area contributed by atoms with Gasteiger partial charge in [-0.25, -0.2) is 9.18 Å². The van der Waals surface area contributed by atoms with Crippen LogP contribution in [0.5, 0.6) is 5.75 Å². The second-order valence-corrected chi connectivity index (χ2v) is 12.6. The molecule has 0 unspecified atom stereocenters. The molecule has 3 aliphatic rings. The molecule has 41 heavy (non-hydrogen) atoms. The fraction of sp³-hybridized carbons (Fsp3) is 0.500. The van der Waals surface area contributed by atoms with Crippen LogP contribution in [0.25, 0.3) is 10.9 Å². The number of fused-ring (bicyclic) bond motifs is 2. The topological polar surface area (TPSA) is 97.1 Å². The van der Waals surface area contributed by atoms with Gasteiger partial charge in [0.25, 0.3) is 0 Å². The van der Waals surface area contributed by atoms with E-state index in [4.69, 9.17) is 9.47 Å². The molecule has 4 heterocycles. The van der Waals surface area contributed by atoms with Gasteiger partial charge in [0.05, 0.1) is 23.5 Å². The van der Waals surface area contributed by atoms with Crippen molar-refractivity contribution in [1.29, 1.82) is 0 Å². The van der Waals surface area contributed by atoms with Crippen molar-refractivity contribution >= 4 is 34.3 Å². The second-order valence-electron chi connectivity index (χ2n) is 11.5. The van der Waals surface area contributed by atoms with E-state index in [1.807, 2.05) is 48.2 Å². The van der Waals surface area contributed by atoms with E-state index in [2.05, 4.69) is 9.88 Å². The number of pyridine rings is 2. The summed E-state index contributed by atoms with van der Waals surface area (Å²) in [4.78, 5) is 33.3. The number of thioether (sulfide) groups is 1. The predicted molar refractivity (Wildman–Crippen MR) is 157 cm³/mol. The summed E-state index contributed by atoms with van der Waals surface area (Å²) < 4.78 is 29.0. The number of ether oxygens (including phenoxy) is 2. The van der Waals surface area contributed by atoms with Gasteiger partial charge in [0, 0.05) is 87.5 Å². The Kier molecular flexibility index (Phi) is 7.46. The summed E-state index contributed by atoms with van der Waals surface area (Å²) in [5.41, 5.74) is 3.23. The number of hydrogen-bond acceptors (Lipinski definition) is 8. The number of carbonyl (C=O) groups is 1. The molecule has 3 aromatic rings. The van der Waals surface area contributed by atoms with Crippen LogP contribution in [0.4, 0.5) is 10.1 Å². The summed E-state index contributed by atoms with van der Waals surface area (Å²) >= 11 is 1.85. The zero-order chi connectivity index (χ0) is 28.9. The Morgan fingerprint density at radius 1 is 1.22 bits per heavy atom. The quantitative estimate of drug-likeness (QED) is 0.383. The summed E-state index contributed by atoms with van der Waals surface area (Å²) in [6, 6.07) is 3.10. The number of carboxylic acids is 1. The van der Waals surface area contributed by atoms with Gasteiger partial charge in [-0.2, -0.15) is 11.8 Å². The van der Waals surface area contributed by atoms with Crippen molar-refractivity contribution in [3.8, 4) is 5.75 Å². The van der Waals surface area contributed by atoms with Crippen molar-refractivity contribution in [3.05, 3.63) is 63.0 Å². The van der Waals surface area contributed by atoms with E-state index < -0.39 is 23.0 Å². The molecule has 0 amide bonds. The molecule has 2 fully saturated rings. The van der Waals surface area contributed by atoms with Crippen LogP contribution in [0.1, 0.15) is 59.9 Å². The molecule has 0 bridgehead atoms. The van der Waals surface area contributed by atoms with Crippen LogP contribution in [0.3, 0.4) is 0 Å². The SMILES string of the molecule is Cc1ncc(CSCCN2CCN(c3cc4c(cc3F)c(=O)c(C(=O)O)cn4C3CC3)CC2)c2c1OC(C)(C)OC2. The normalized spacial score (nSPS) is 18.8. The van der Waals surface area contributed by atoms with Crippen LogP contribution in [-0.2, 0) is 17.1 Å². The van der Waals surface area contributed by atoms with Crippen LogP contribution in [0, 0.1) is 12.7 Å². The molecule has 0 radical (unpaired) electrons. The van der Waals surface area contributed by atoms with E-state index in [1.54, 1.807) is 6.07 Å². The van der Waals surface area contributed by atoms with Crippen molar-refractivity contribution in [2.24, 2.45) is 0 Å². The first-order valence-electron chi connectivity index (χ1n) is 14.1. The number of piperazine rings is 1. The molecule has 1 saturated carbocycles. The Labute approximate surface area is 242 Å². The van der Waals surface area contributed by atoms with Gasteiger partial charge in [0.1, 0.15) is 17.1 Å². The Balaban J connectivity index is 1.07. The summed E-state index contributed by atoms with van der Waals surface area (Å²) in [7, 11) is 0. The number of aromatic carboxylic acids is 1. The highest BCUT2D eigenvalue weighted by molar-refractivity contribution is 7.98. The molecule has 6 rings (SSSR count). The Morgan fingerprint density at radius 2 is 1.98 bits per heavy atom. The number of nitrogens with zero attached hydrogens (tertiary/aromatic N) is 4. The number of aromatic nitrogens is 2. The van der Waals surface area contributed by atoms with Crippen LogP contribution >= 0.6 is 11.8 Å². The molecule has 0 atom stereocenters. The lowest BCUT2D eigenvalue weighted by atomic mass is 10.1. The fourth-order valence-electron chi connectivity index (χ4n) is 5.61. The average Bonchev–Trinajstić information content (AvgIpc) is 3.78. The lowest BCUT2D eigenvalue weighted by Gasteiger charge is -2.36. The van der Waals surface area contributed by atoms with Crippen LogP contribution < -0.4 is 15.1 Å². The highest BCUT2D eigenvalue weighted by Crippen LogP contribution is 2.39. The monoisotopic (exact) mass is 582 g/mol. The molecule has 2 aromatic heterocycles. The molecular weight excluding hydrogens is 547 g/mol. The maximum atomic E-state index is 15.3. The third-order valence-corrected chi connectivity index (χ3v) is 9.10. The minimum Gasteiger partial charge on any atom is -0.477 e. The molecule has 11 heteroatoms. The van der Waals surface area contributed by atoms with Gasteiger partial charge >= 0.3 is 5.97 Å². The largest absolute Gasteiger partial charge is 0.477 e. The number of aryl methyl sites for hydroxylation is 1. The van der Waals surface area contributed by atoms with Crippen molar-refractivity contribution < 1.29 is 23.8 Å². The summed E-state index contributed by atoms with van der Waals surface area (Å²) in [5.74, 6) is 0.205. The standard InChI is InChI=1S/C30H35FN4O5S/c1-18-28-23(16-39-30(2,3)40-28)19(14-32-18)17-41-11-10-33-6-8-34(9-7-33)26-13-25-21(12-24(26)31)27(36)22(29(37)38)15-35(25)20-4-5-20/h12-15,20H,4-11,16-17H2,1-3H3,(H,37,38). The summed E-state index contributed by atoms with van der Waals surface area (Å²) in [6.07, 6.45) is 5.19. The lowest BCUT2D eigenvalue weighted by molar-refractivity contribution is -0.180. The minimum absolute atomic E-state index is 0.126. The zero-order valence-corrected chi connectivity index (χ0v) is 24.4. The van der Waals surface area contributed by atoms with Gasteiger partial charge < -0.3 is 24.0 Å². The van der Waals surface area contributed by atoms with Crippen molar-refractivity contribution in [3.63, 3.8) is 0 Å². The zero-order valence-electron chi connectivity index (χ0n) is 23.6. The maximum absolute atomic E-state index is 15.3. The van der Waals surface area contributed by atoms with Gasteiger partial charge in [-0.05, 0) is 37.5 Å². The van der Waals surface area contributed by atoms with Crippen molar-refractivity contribution in [2.75, 3.05) is 43.4 Å². The Hall–Kier alpha value is -3.15. The van der Waals surface area contributed by atoms with Crippen molar-refractivity contribution in [1.82, 2.24) is 14.5 Å². The predicted octanol–water partition coefficient (Wildman–Crippen LogP) is 4.58. The number of halogens is 1. The first kappa shape index (κ1) is 28.0. The van der Waals surface area contributed by atoms with Gasteiger partial charge in [0.2, 0.25) is 11.2 Å². The fourth-order valence-corrected chi connectivity index (χ4v) is 6.61. The van der Waals surface area contributed by atoms with Crippen LogP contribution in [-0.4, -0.2) is 69.8 Å². The smallest absolute Gasteiger partial charge is 0.341 e. The van der Waals surface area contributed by atoms with Gasteiger partial charge in [-0.15, -0.1) is 0 Å². The van der Waals surface area contributed by atoms with Crippen molar-refractivity contribution in [2.45, 2.75) is 57.8 Å². The molecular formula is C30H35FN4O5S. The van der Waals surface area contributed by atoms with E-state index in [9.17, 15) is 14.7 Å². The molecule has 1 saturated heterocycles. The summed E-state index contributed by atoms with van der Waals surface area (Å²) in [6.45, 7) is 10.2. The summed E-state index contributed by atoms with van der Waals surface area (Å²) in [5, 5.41) is 9.61. The average molecular weight is 583 g/mol. The second kappa shape index (κ2) is 10.9. The number of anilines is 1. The van der Waals surface area contributed by atoms with Crippen LogP contribution in [0.2, 0.25) is 0 Å². The number of carboxylic acid groups (broad SMARTS) is 1. The van der Waals surface area contributed by atoms with Gasteiger partial charge in [-0.3, -0.25) is 14.7 Å². The van der Waals surface area contributed by atoms with E-state index in [0.29, 0.717) is 30.9 Å². The first-order chi connectivity index (χ1) is 19.6. The number of benzene rings is 1.